The van der Waals surface area contributed by atoms with Crippen molar-refractivity contribution in [1.82, 2.24) is 9.97 Å². The van der Waals surface area contributed by atoms with Crippen LogP contribution in [0.5, 0.6) is 5.88 Å². The zero-order valence-corrected chi connectivity index (χ0v) is 16.0. The van der Waals surface area contributed by atoms with Gasteiger partial charge in [0.15, 0.2) is 0 Å². The minimum atomic E-state index is -3.82. The summed E-state index contributed by atoms with van der Waals surface area (Å²) >= 11 is 17.7. The quantitative estimate of drug-likeness (QED) is 0.675. The number of anilines is 1. The fourth-order valence-corrected chi connectivity index (χ4v) is 3.45. The first-order chi connectivity index (χ1) is 10.2. The Hall–Kier alpha value is -0.610. The Morgan fingerprint density at radius 3 is 2.41 bits per heavy atom. The largest absolute Gasteiger partial charge is 0.491 e. The topological polar surface area (TPSA) is 92.2 Å². The van der Waals surface area contributed by atoms with Crippen LogP contribution in [0.15, 0.2) is 27.4 Å². The third-order valence-electron chi connectivity index (χ3n) is 2.39. The Balaban J connectivity index is 2.24. The van der Waals surface area contributed by atoms with Crippen LogP contribution in [0.2, 0.25) is 10.0 Å². The number of sulfonamides is 1. The molecule has 0 aliphatic heterocycles. The smallest absolute Gasteiger partial charge is 0.257 e. The Bertz CT molecular complexity index is 834. The van der Waals surface area contributed by atoms with Crippen molar-refractivity contribution in [3.05, 3.63) is 43.0 Å². The molecule has 0 atom stereocenters. The lowest BCUT2D eigenvalue weighted by molar-refractivity contribution is 0.451. The van der Waals surface area contributed by atoms with Gasteiger partial charge in [-0.2, -0.15) is 0 Å². The van der Waals surface area contributed by atoms with Gasteiger partial charge in [-0.05, 0) is 49.6 Å². The van der Waals surface area contributed by atoms with Crippen LogP contribution in [0.3, 0.4) is 0 Å². The molecular weight excluding hydrogens is 485 g/mol. The Morgan fingerprint density at radius 1 is 1.14 bits per heavy atom. The normalized spacial score (nSPS) is 11.5. The van der Waals surface area contributed by atoms with Crippen molar-refractivity contribution in [1.29, 1.82) is 0 Å². The molecule has 0 aliphatic carbocycles. The van der Waals surface area contributed by atoms with Gasteiger partial charge in [0, 0.05) is 0 Å². The van der Waals surface area contributed by atoms with Crippen molar-refractivity contribution in [2.45, 2.75) is 5.75 Å². The van der Waals surface area contributed by atoms with Gasteiger partial charge >= 0.3 is 0 Å². The molecule has 1 heterocycles. The number of nitrogens with zero attached hydrogens (tertiary/aromatic N) is 2. The Kier molecular flexibility index (Phi) is 5.54. The van der Waals surface area contributed by atoms with Gasteiger partial charge in [0.25, 0.3) is 5.88 Å². The fourth-order valence-electron chi connectivity index (χ4n) is 1.49. The van der Waals surface area contributed by atoms with E-state index >= 15 is 0 Å². The summed E-state index contributed by atoms with van der Waals surface area (Å²) in [5.74, 6) is -1.19. The summed E-state index contributed by atoms with van der Waals surface area (Å²) < 4.78 is 26.9. The summed E-state index contributed by atoms with van der Waals surface area (Å²) in [6, 6.07) is 4.49. The van der Waals surface area contributed by atoms with Crippen molar-refractivity contribution in [3.63, 3.8) is 0 Å². The van der Waals surface area contributed by atoms with Crippen LogP contribution in [-0.4, -0.2) is 23.5 Å². The summed E-state index contributed by atoms with van der Waals surface area (Å²) in [5, 5.41) is 10.2. The van der Waals surface area contributed by atoms with Gasteiger partial charge < -0.3 is 5.11 Å². The molecule has 0 radical (unpaired) electrons. The molecule has 0 fully saturated rings. The lowest BCUT2D eigenvalue weighted by Gasteiger charge is -2.09. The molecule has 0 amide bonds. The number of benzene rings is 1. The van der Waals surface area contributed by atoms with Crippen molar-refractivity contribution >= 4 is 70.9 Å². The second-order valence-electron chi connectivity index (χ2n) is 4.09. The molecule has 2 aromatic rings. The molecule has 0 spiro atoms. The van der Waals surface area contributed by atoms with Gasteiger partial charge in [-0.1, -0.05) is 29.3 Å². The molecule has 6 nitrogen and oxygen atoms in total. The number of nitrogens with one attached hydrogen (secondary N) is 1. The molecule has 0 saturated heterocycles. The molecule has 0 saturated carbocycles. The molecular formula is C11H7Br2Cl2N3O3S. The van der Waals surface area contributed by atoms with E-state index in [1.165, 1.54) is 18.2 Å². The van der Waals surface area contributed by atoms with E-state index in [0.29, 0.717) is 10.6 Å². The summed E-state index contributed by atoms with van der Waals surface area (Å²) in [4.78, 5) is 7.54. The number of hydrogen-bond acceptors (Lipinski definition) is 5. The molecule has 0 bridgehead atoms. The van der Waals surface area contributed by atoms with E-state index in [9.17, 15) is 13.5 Å². The second-order valence-corrected chi connectivity index (χ2v) is 8.13. The highest BCUT2D eigenvalue weighted by atomic mass is 79.9. The summed E-state index contributed by atoms with van der Waals surface area (Å²) in [7, 11) is -3.82. The SMILES string of the molecule is O=S(=O)(Cc1ccc(Cl)c(Cl)c1)Nc1nc(Br)c(Br)nc1O. The maximum Gasteiger partial charge on any atom is 0.257 e. The van der Waals surface area contributed by atoms with E-state index in [1.54, 1.807) is 0 Å². The first-order valence-corrected chi connectivity index (χ1v) is 9.54. The molecule has 2 rings (SSSR count). The highest BCUT2D eigenvalue weighted by molar-refractivity contribution is 9.13. The van der Waals surface area contributed by atoms with E-state index in [1.807, 2.05) is 0 Å². The molecule has 2 N–H and O–H groups in total. The van der Waals surface area contributed by atoms with Crippen molar-refractivity contribution in [2.24, 2.45) is 0 Å². The van der Waals surface area contributed by atoms with Gasteiger partial charge in [0.2, 0.25) is 15.8 Å². The summed E-state index contributed by atoms with van der Waals surface area (Å²) in [6.07, 6.45) is 0. The van der Waals surface area contributed by atoms with Crippen molar-refractivity contribution in [2.75, 3.05) is 4.72 Å². The number of halogens is 4. The lowest BCUT2D eigenvalue weighted by atomic mass is 10.2. The van der Waals surface area contributed by atoms with Crippen LogP contribution in [0.25, 0.3) is 0 Å². The highest BCUT2D eigenvalue weighted by Gasteiger charge is 2.18. The van der Waals surface area contributed by atoms with Gasteiger partial charge in [-0.3, -0.25) is 4.72 Å². The van der Waals surface area contributed by atoms with E-state index < -0.39 is 15.9 Å². The molecule has 1 aromatic heterocycles. The number of rotatable bonds is 4. The van der Waals surface area contributed by atoms with Crippen LogP contribution in [-0.2, 0) is 15.8 Å². The van der Waals surface area contributed by atoms with Crippen LogP contribution >= 0.6 is 55.1 Å². The van der Waals surface area contributed by atoms with E-state index in [-0.39, 0.29) is 25.8 Å². The number of hydrogen-bond donors (Lipinski definition) is 2. The molecule has 22 heavy (non-hydrogen) atoms. The van der Waals surface area contributed by atoms with E-state index in [4.69, 9.17) is 23.2 Å². The first kappa shape index (κ1) is 17.7. The zero-order chi connectivity index (χ0) is 16.5. The molecule has 0 unspecified atom stereocenters. The summed E-state index contributed by atoms with van der Waals surface area (Å²) in [5.41, 5.74) is 0.436. The van der Waals surface area contributed by atoms with Crippen molar-refractivity contribution < 1.29 is 13.5 Å². The van der Waals surface area contributed by atoms with Crippen LogP contribution < -0.4 is 4.72 Å². The monoisotopic (exact) mass is 489 g/mol. The second kappa shape index (κ2) is 6.88. The lowest BCUT2D eigenvalue weighted by Crippen LogP contribution is -2.16. The van der Waals surface area contributed by atoms with E-state index in [2.05, 4.69) is 46.5 Å². The number of aromatic nitrogens is 2. The average Bonchev–Trinajstić information content (AvgIpc) is 2.39. The number of aromatic hydroxyl groups is 1. The predicted octanol–water partition coefficient (Wildman–Crippen LogP) is 3.96. The third kappa shape index (κ3) is 4.45. The minimum absolute atomic E-state index is 0.248. The minimum Gasteiger partial charge on any atom is -0.491 e. The first-order valence-electron chi connectivity index (χ1n) is 5.54. The molecule has 11 heteroatoms. The maximum absolute atomic E-state index is 12.1. The van der Waals surface area contributed by atoms with Crippen LogP contribution in [0.1, 0.15) is 5.56 Å². The van der Waals surface area contributed by atoms with Crippen LogP contribution in [0.4, 0.5) is 5.82 Å². The average molecular weight is 492 g/mol. The fraction of sp³-hybridized carbons (Fsp3) is 0.0909. The van der Waals surface area contributed by atoms with Gasteiger partial charge in [-0.25, -0.2) is 18.4 Å². The summed E-state index contributed by atoms with van der Waals surface area (Å²) in [6.45, 7) is 0. The highest BCUT2D eigenvalue weighted by Crippen LogP contribution is 2.28. The van der Waals surface area contributed by atoms with Gasteiger partial charge in [-0.15, -0.1) is 0 Å². The zero-order valence-electron chi connectivity index (χ0n) is 10.5. The molecule has 1 aromatic carbocycles. The van der Waals surface area contributed by atoms with Gasteiger partial charge in [0.1, 0.15) is 9.21 Å². The molecule has 0 aliphatic rings. The van der Waals surface area contributed by atoms with Gasteiger partial charge in [0.05, 0.1) is 15.8 Å². The van der Waals surface area contributed by atoms with E-state index in [0.717, 1.165) is 0 Å². The Labute approximate surface area is 153 Å². The predicted molar refractivity (Wildman–Crippen MR) is 91.8 cm³/mol. The Morgan fingerprint density at radius 2 is 1.77 bits per heavy atom. The molecule has 118 valence electrons. The van der Waals surface area contributed by atoms with Crippen molar-refractivity contribution in [3.8, 4) is 5.88 Å². The maximum atomic E-state index is 12.1. The third-order valence-corrected chi connectivity index (χ3v) is 5.98. The van der Waals surface area contributed by atoms with Crippen LogP contribution in [0, 0.1) is 0 Å². The standard InChI is InChI=1S/C11H7Br2Cl2N3O3S/c12-8-9(13)17-11(19)10(16-8)18-22(20,21)4-5-1-2-6(14)7(15)3-5/h1-3H,4H2,(H,16,18)(H,17,19).